The topological polar surface area (TPSA) is 66.8 Å². The number of unbranched alkanes of at least 4 members (excludes halogenated alkanes) is 1. The van der Waals surface area contributed by atoms with Crippen molar-refractivity contribution in [3.05, 3.63) is 60.2 Å². The van der Waals surface area contributed by atoms with Crippen molar-refractivity contribution in [2.75, 3.05) is 6.54 Å². The Morgan fingerprint density at radius 2 is 2.00 bits per heavy atom. The number of benzene rings is 1. The standard InChI is InChI=1S/C24H31F2NO4/c1-18(2)31-23(30)12-8-3-4-9-17-27-20(14-16-22(27)29)13-15-21(28)24(25,26)19-10-6-5-7-11-19/h4-7,9-11,13,15,18,20-21,28H,3,8,12,14,16-17H2,1-2H3/t20-,21+/m0/s1. The molecule has 2 rings (SSSR count). The Balaban J connectivity index is 1.85. The summed E-state index contributed by atoms with van der Waals surface area (Å²) >= 11 is 0. The minimum absolute atomic E-state index is 0.0517. The molecule has 2 atom stereocenters. The minimum atomic E-state index is -3.41. The van der Waals surface area contributed by atoms with Crippen LogP contribution in [-0.4, -0.2) is 46.7 Å². The van der Waals surface area contributed by atoms with Crippen molar-refractivity contribution in [2.24, 2.45) is 0 Å². The molecule has 7 heteroatoms. The van der Waals surface area contributed by atoms with Crippen LogP contribution in [0.4, 0.5) is 8.78 Å². The van der Waals surface area contributed by atoms with Crippen molar-refractivity contribution < 1.29 is 28.2 Å². The van der Waals surface area contributed by atoms with Gasteiger partial charge in [0.25, 0.3) is 0 Å². The maximum Gasteiger partial charge on any atom is 0.306 e. The predicted octanol–water partition coefficient (Wildman–Crippen LogP) is 4.36. The molecule has 1 fully saturated rings. The molecular weight excluding hydrogens is 404 g/mol. The average Bonchev–Trinajstić information content (AvgIpc) is 3.08. The summed E-state index contributed by atoms with van der Waals surface area (Å²) < 4.78 is 33.9. The van der Waals surface area contributed by atoms with Crippen molar-refractivity contribution in [2.45, 2.75) is 70.1 Å². The van der Waals surface area contributed by atoms with Crippen LogP contribution < -0.4 is 0 Å². The van der Waals surface area contributed by atoms with Gasteiger partial charge in [0.05, 0.1) is 12.1 Å². The summed E-state index contributed by atoms with van der Waals surface area (Å²) in [5.74, 6) is -3.69. The fourth-order valence-corrected chi connectivity index (χ4v) is 3.37. The third-order valence-corrected chi connectivity index (χ3v) is 5.01. The Kier molecular flexibility index (Phi) is 9.37. The molecule has 31 heavy (non-hydrogen) atoms. The Morgan fingerprint density at radius 1 is 1.29 bits per heavy atom. The van der Waals surface area contributed by atoms with Gasteiger partial charge in [-0.15, -0.1) is 0 Å². The molecule has 1 aliphatic rings. The van der Waals surface area contributed by atoms with E-state index in [9.17, 15) is 23.5 Å². The lowest BCUT2D eigenvalue weighted by atomic mass is 10.0. The SMILES string of the molecule is CC(C)OC(=O)CCCC=CCN1C(=O)CC[C@@H]1C=C[C@@H](O)C(F)(F)c1ccccc1. The molecule has 1 aromatic carbocycles. The van der Waals surface area contributed by atoms with E-state index in [1.54, 1.807) is 24.8 Å². The van der Waals surface area contributed by atoms with Gasteiger partial charge >= 0.3 is 11.9 Å². The highest BCUT2D eigenvalue weighted by molar-refractivity contribution is 5.79. The maximum atomic E-state index is 14.4. The summed E-state index contributed by atoms with van der Waals surface area (Å²) in [4.78, 5) is 25.2. The Bertz CT molecular complexity index is 777. The van der Waals surface area contributed by atoms with E-state index in [-0.39, 0.29) is 29.6 Å². The van der Waals surface area contributed by atoms with Crippen molar-refractivity contribution in [3.8, 4) is 0 Å². The first-order valence-electron chi connectivity index (χ1n) is 10.7. The molecular formula is C24H31F2NO4. The maximum absolute atomic E-state index is 14.4. The first-order valence-corrected chi connectivity index (χ1v) is 10.7. The van der Waals surface area contributed by atoms with Crippen LogP contribution in [0.15, 0.2) is 54.6 Å². The molecule has 0 spiro atoms. The van der Waals surface area contributed by atoms with E-state index in [4.69, 9.17) is 4.74 Å². The zero-order valence-electron chi connectivity index (χ0n) is 18.0. The lowest BCUT2D eigenvalue weighted by Gasteiger charge is -2.23. The van der Waals surface area contributed by atoms with E-state index in [1.165, 1.54) is 30.3 Å². The molecule has 0 radical (unpaired) electrons. The van der Waals surface area contributed by atoms with E-state index in [2.05, 4.69) is 0 Å². The van der Waals surface area contributed by atoms with Gasteiger partial charge < -0.3 is 14.7 Å². The fourth-order valence-electron chi connectivity index (χ4n) is 3.37. The van der Waals surface area contributed by atoms with Gasteiger partial charge in [0.1, 0.15) is 6.10 Å². The number of carbonyl (C=O) groups excluding carboxylic acids is 2. The van der Waals surface area contributed by atoms with Crippen molar-refractivity contribution in [1.82, 2.24) is 4.90 Å². The van der Waals surface area contributed by atoms with E-state index in [0.29, 0.717) is 38.6 Å². The number of amides is 1. The second-order valence-electron chi connectivity index (χ2n) is 7.87. The monoisotopic (exact) mass is 435 g/mol. The average molecular weight is 436 g/mol. The number of alkyl halides is 2. The van der Waals surface area contributed by atoms with Gasteiger partial charge in [-0.25, -0.2) is 0 Å². The first kappa shape index (κ1) is 24.7. The molecule has 170 valence electrons. The van der Waals surface area contributed by atoms with Gasteiger partial charge in [-0.2, -0.15) is 8.78 Å². The lowest BCUT2D eigenvalue weighted by molar-refractivity contribution is -0.147. The second kappa shape index (κ2) is 11.7. The van der Waals surface area contributed by atoms with Crippen LogP contribution in [-0.2, 0) is 20.2 Å². The molecule has 1 aliphatic heterocycles. The van der Waals surface area contributed by atoms with Gasteiger partial charge in [0.2, 0.25) is 5.91 Å². The van der Waals surface area contributed by atoms with Crippen LogP contribution >= 0.6 is 0 Å². The summed E-state index contributed by atoms with van der Waals surface area (Å²) in [6, 6.07) is 6.84. The molecule has 1 N–H and O–H groups in total. The van der Waals surface area contributed by atoms with E-state index in [1.807, 2.05) is 12.2 Å². The summed E-state index contributed by atoms with van der Waals surface area (Å²) in [6.07, 6.45) is 6.73. The van der Waals surface area contributed by atoms with Gasteiger partial charge in [-0.1, -0.05) is 54.6 Å². The Hall–Kier alpha value is -2.54. The normalized spacial score (nSPS) is 18.5. The van der Waals surface area contributed by atoms with Crippen LogP contribution in [0.25, 0.3) is 0 Å². The highest BCUT2D eigenvalue weighted by atomic mass is 19.3. The molecule has 0 aromatic heterocycles. The van der Waals surface area contributed by atoms with E-state index >= 15 is 0 Å². The third-order valence-electron chi connectivity index (χ3n) is 5.01. The largest absolute Gasteiger partial charge is 0.463 e. The van der Waals surface area contributed by atoms with Gasteiger partial charge in [-0.05, 0) is 33.1 Å². The van der Waals surface area contributed by atoms with Gasteiger partial charge in [-0.3, -0.25) is 9.59 Å². The first-order chi connectivity index (χ1) is 14.7. The Morgan fingerprint density at radius 3 is 2.68 bits per heavy atom. The quantitative estimate of drug-likeness (QED) is 0.319. The molecule has 1 aromatic rings. The zero-order valence-corrected chi connectivity index (χ0v) is 18.0. The van der Waals surface area contributed by atoms with Crippen LogP contribution in [0.2, 0.25) is 0 Å². The molecule has 1 saturated heterocycles. The smallest absolute Gasteiger partial charge is 0.306 e. The number of ether oxygens (including phenoxy) is 1. The molecule has 1 amide bonds. The number of nitrogens with zero attached hydrogens (tertiary/aromatic N) is 1. The molecule has 0 saturated carbocycles. The number of hydrogen-bond donors (Lipinski definition) is 1. The van der Waals surface area contributed by atoms with Crippen LogP contribution in [0, 0.1) is 0 Å². The highest BCUT2D eigenvalue weighted by Gasteiger charge is 2.39. The number of aliphatic hydroxyl groups excluding tert-OH is 1. The van der Waals surface area contributed by atoms with Crippen LogP contribution in [0.3, 0.4) is 0 Å². The summed E-state index contributed by atoms with van der Waals surface area (Å²) in [5, 5.41) is 10.0. The van der Waals surface area contributed by atoms with Crippen LogP contribution in [0.5, 0.6) is 0 Å². The third kappa shape index (κ3) is 7.58. The molecule has 0 unspecified atom stereocenters. The van der Waals surface area contributed by atoms with Crippen molar-refractivity contribution >= 4 is 11.9 Å². The number of halogens is 2. The molecule has 1 heterocycles. The number of aliphatic hydroxyl groups is 1. The van der Waals surface area contributed by atoms with E-state index in [0.717, 1.165) is 6.08 Å². The van der Waals surface area contributed by atoms with Gasteiger partial charge in [0, 0.05) is 24.9 Å². The lowest BCUT2D eigenvalue weighted by Crippen LogP contribution is -2.33. The molecule has 0 aliphatic carbocycles. The summed E-state index contributed by atoms with van der Waals surface area (Å²) in [7, 11) is 0. The summed E-state index contributed by atoms with van der Waals surface area (Å²) in [5.41, 5.74) is -0.258. The fraction of sp³-hybridized carbons (Fsp3) is 0.500. The molecule has 0 bridgehead atoms. The molecule has 5 nitrogen and oxygen atoms in total. The van der Waals surface area contributed by atoms with Crippen LogP contribution in [0.1, 0.15) is 51.5 Å². The zero-order chi connectivity index (χ0) is 22.9. The number of allylic oxidation sites excluding steroid dienone is 1. The predicted molar refractivity (Wildman–Crippen MR) is 114 cm³/mol. The number of likely N-dealkylation sites (tertiary alicyclic amines) is 1. The van der Waals surface area contributed by atoms with Crippen molar-refractivity contribution in [1.29, 1.82) is 0 Å². The highest BCUT2D eigenvalue weighted by Crippen LogP contribution is 2.32. The van der Waals surface area contributed by atoms with Gasteiger partial charge in [0.15, 0.2) is 0 Å². The Labute approximate surface area is 182 Å². The summed E-state index contributed by atoms with van der Waals surface area (Å²) in [6.45, 7) is 3.96. The number of hydrogen-bond acceptors (Lipinski definition) is 4. The van der Waals surface area contributed by atoms with Crippen molar-refractivity contribution in [3.63, 3.8) is 0 Å². The second-order valence-corrected chi connectivity index (χ2v) is 7.87. The minimum Gasteiger partial charge on any atom is -0.463 e. The number of carbonyl (C=O) groups is 2. The number of rotatable bonds is 11. The number of esters is 1. The van der Waals surface area contributed by atoms with E-state index < -0.39 is 12.0 Å².